The highest BCUT2D eigenvalue weighted by Crippen LogP contribution is 2.21. The molecule has 0 radical (unpaired) electrons. The van der Waals surface area contributed by atoms with Crippen molar-refractivity contribution in [3.8, 4) is 0 Å². The fourth-order valence-electron chi connectivity index (χ4n) is 1.30. The minimum atomic E-state index is -0.366. The summed E-state index contributed by atoms with van der Waals surface area (Å²) >= 11 is 4.21. The summed E-state index contributed by atoms with van der Waals surface area (Å²) in [5.74, 6) is 0.611. The molecular weight excluding hydrogens is 210 g/mol. The van der Waals surface area contributed by atoms with E-state index < -0.39 is 0 Å². The molecule has 82 valence electrons. The molecule has 0 aliphatic heterocycles. The van der Waals surface area contributed by atoms with Crippen molar-refractivity contribution >= 4 is 24.3 Å². The smallest absolute Gasteiger partial charge is 0.337 e. The standard InChI is InChI=1S/C11H15NO2S/c1-7(6-15)8-3-9(11(13)14-2)5-10(12)4-8/h3-5,7,15H,6,12H2,1-2H3. The molecule has 3 nitrogen and oxygen atoms in total. The summed E-state index contributed by atoms with van der Waals surface area (Å²) in [6, 6.07) is 5.26. The lowest BCUT2D eigenvalue weighted by atomic mass is 10.00. The Bertz CT molecular complexity index is 366. The van der Waals surface area contributed by atoms with E-state index in [0.29, 0.717) is 17.0 Å². The monoisotopic (exact) mass is 225 g/mol. The van der Waals surface area contributed by atoms with Gasteiger partial charge in [0, 0.05) is 5.69 Å². The van der Waals surface area contributed by atoms with E-state index in [1.54, 1.807) is 12.1 Å². The number of nitrogen functional groups attached to an aromatic ring is 1. The number of ether oxygens (including phenoxy) is 1. The second kappa shape index (κ2) is 5.07. The SMILES string of the molecule is COC(=O)c1cc(N)cc(C(C)CS)c1. The van der Waals surface area contributed by atoms with Gasteiger partial charge in [0.2, 0.25) is 0 Å². The zero-order valence-electron chi connectivity index (χ0n) is 8.86. The largest absolute Gasteiger partial charge is 0.465 e. The van der Waals surface area contributed by atoms with Gasteiger partial charge in [0.15, 0.2) is 0 Å². The quantitative estimate of drug-likeness (QED) is 0.470. The van der Waals surface area contributed by atoms with Gasteiger partial charge in [-0.2, -0.15) is 12.6 Å². The fourth-order valence-corrected chi connectivity index (χ4v) is 1.51. The Morgan fingerprint density at radius 1 is 1.53 bits per heavy atom. The van der Waals surface area contributed by atoms with Crippen molar-refractivity contribution in [3.63, 3.8) is 0 Å². The number of thiol groups is 1. The molecular formula is C11H15NO2S. The summed E-state index contributed by atoms with van der Waals surface area (Å²) in [4.78, 5) is 11.3. The van der Waals surface area contributed by atoms with Crippen LogP contribution in [0.25, 0.3) is 0 Å². The van der Waals surface area contributed by atoms with E-state index in [0.717, 1.165) is 5.56 Å². The topological polar surface area (TPSA) is 52.3 Å². The van der Waals surface area contributed by atoms with Crippen LogP contribution >= 0.6 is 12.6 Å². The van der Waals surface area contributed by atoms with Crippen LogP contribution in [0.1, 0.15) is 28.8 Å². The Morgan fingerprint density at radius 2 is 2.20 bits per heavy atom. The third-order valence-corrected chi connectivity index (χ3v) is 2.79. The van der Waals surface area contributed by atoms with Crippen molar-refractivity contribution in [3.05, 3.63) is 29.3 Å². The van der Waals surface area contributed by atoms with Crippen molar-refractivity contribution in [1.82, 2.24) is 0 Å². The van der Waals surface area contributed by atoms with Crippen molar-refractivity contribution in [2.24, 2.45) is 0 Å². The number of benzene rings is 1. The lowest BCUT2D eigenvalue weighted by Crippen LogP contribution is -2.05. The Morgan fingerprint density at radius 3 is 2.73 bits per heavy atom. The lowest BCUT2D eigenvalue weighted by Gasteiger charge is -2.11. The maximum absolute atomic E-state index is 11.3. The normalized spacial score (nSPS) is 12.2. The molecule has 2 N–H and O–H groups in total. The summed E-state index contributed by atoms with van der Waals surface area (Å²) in [6.07, 6.45) is 0. The van der Waals surface area contributed by atoms with Gasteiger partial charge in [0.05, 0.1) is 12.7 Å². The molecule has 1 atom stereocenters. The average Bonchev–Trinajstić information content (AvgIpc) is 2.26. The predicted octanol–water partition coefficient (Wildman–Crippen LogP) is 2.09. The van der Waals surface area contributed by atoms with Crippen LogP contribution in [-0.2, 0) is 4.74 Å². The highest BCUT2D eigenvalue weighted by Gasteiger charge is 2.10. The van der Waals surface area contributed by atoms with Crippen LogP contribution in [0.5, 0.6) is 0 Å². The molecule has 1 aromatic carbocycles. The van der Waals surface area contributed by atoms with Crippen LogP contribution in [-0.4, -0.2) is 18.8 Å². The molecule has 0 fully saturated rings. The molecule has 0 aliphatic carbocycles. The van der Waals surface area contributed by atoms with Gasteiger partial charge >= 0.3 is 5.97 Å². The van der Waals surface area contributed by atoms with E-state index in [2.05, 4.69) is 17.4 Å². The lowest BCUT2D eigenvalue weighted by molar-refractivity contribution is 0.0600. The van der Waals surface area contributed by atoms with Gasteiger partial charge in [0.1, 0.15) is 0 Å². The first-order valence-corrected chi connectivity index (χ1v) is 5.31. The number of nitrogens with two attached hydrogens (primary N) is 1. The summed E-state index contributed by atoms with van der Waals surface area (Å²) in [6.45, 7) is 2.03. The number of hydrogen-bond acceptors (Lipinski definition) is 4. The molecule has 0 saturated heterocycles. The highest BCUT2D eigenvalue weighted by molar-refractivity contribution is 7.80. The van der Waals surface area contributed by atoms with Gasteiger partial charge in [-0.25, -0.2) is 4.79 Å². The average molecular weight is 225 g/mol. The van der Waals surface area contributed by atoms with Gasteiger partial charge in [-0.1, -0.05) is 6.92 Å². The Balaban J connectivity index is 3.10. The number of anilines is 1. The highest BCUT2D eigenvalue weighted by atomic mass is 32.1. The van der Waals surface area contributed by atoms with Crippen LogP contribution in [0.15, 0.2) is 18.2 Å². The zero-order chi connectivity index (χ0) is 11.4. The molecule has 1 unspecified atom stereocenters. The third kappa shape index (κ3) is 2.89. The molecule has 1 aromatic rings. The first kappa shape index (κ1) is 11.9. The third-order valence-electron chi connectivity index (χ3n) is 2.24. The van der Waals surface area contributed by atoms with E-state index in [1.807, 2.05) is 13.0 Å². The van der Waals surface area contributed by atoms with Crippen LogP contribution in [0.2, 0.25) is 0 Å². The van der Waals surface area contributed by atoms with Crippen LogP contribution in [0.4, 0.5) is 5.69 Å². The number of hydrogen-bond donors (Lipinski definition) is 2. The molecule has 0 aliphatic rings. The minimum absolute atomic E-state index is 0.264. The summed E-state index contributed by atoms with van der Waals surface area (Å²) in [7, 11) is 1.35. The van der Waals surface area contributed by atoms with Gasteiger partial charge in [-0.3, -0.25) is 0 Å². The fraction of sp³-hybridized carbons (Fsp3) is 0.364. The molecule has 0 aromatic heterocycles. The number of esters is 1. The molecule has 4 heteroatoms. The molecule has 0 saturated carbocycles. The van der Waals surface area contributed by atoms with Gasteiger partial charge in [0.25, 0.3) is 0 Å². The van der Waals surface area contributed by atoms with Crippen molar-refractivity contribution < 1.29 is 9.53 Å². The summed E-state index contributed by atoms with van der Waals surface area (Å²) in [5.41, 5.74) is 7.77. The van der Waals surface area contributed by atoms with Gasteiger partial charge in [-0.05, 0) is 35.4 Å². The van der Waals surface area contributed by atoms with E-state index in [-0.39, 0.29) is 11.9 Å². The van der Waals surface area contributed by atoms with Crippen LogP contribution in [0, 0.1) is 0 Å². The van der Waals surface area contributed by atoms with E-state index >= 15 is 0 Å². The van der Waals surface area contributed by atoms with Crippen molar-refractivity contribution in [2.75, 3.05) is 18.6 Å². The molecule has 0 bridgehead atoms. The number of methoxy groups -OCH3 is 1. The Hall–Kier alpha value is -1.16. The van der Waals surface area contributed by atoms with E-state index in [4.69, 9.17) is 5.73 Å². The first-order valence-electron chi connectivity index (χ1n) is 4.68. The van der Waals surface area contributed by atoms with Crippen molar-refractivity contribution in [2.45, 2.75) is 12.8 Å². The van der Waals surface area contributed by atoms with Gasteiger partial charge in [-0.15, -0.1) is 0 Å². The Kier molecular flexibility index (Phi) is 4.03. The summed E-state index contributed by atoms with van der Waals surface area (Å²) in [5, 5.41) is 0. The number of carbonyl (C=O) groups excluding carboxylic acids is 1. The molecule has 1 rings (SSSR count). The number of rotatable bonds is 3. The molecule has 0 spiro atoms. The molecule has 15 heavy (non-hydrogen) atoms. The molecule has 0 heterocycles. The maximum Gasteiger partial charge on any atom is 0.337 e. The van der Waals surface area contributed by atoms with Crippen molar-refractivity contribution in [1.29, 1.82) is 0 Å². The van der Waals surface area contributed by atoms with Crippen LogP contribution < -0.4 is 5.73 Å². The van der Waals surface area contributed by atoms with Gasteiger partial charge < -0.3 is 10.5 Å². The van der Waals surface area contributed by atoms with E-state index in [9.17, 15) is 4.79 Å². The zero-order valence-corrected chi connectivity index (χ0v) is 9.75. The Labute approximate surface area is 95.0 Å². The van der Waals surface area contributed by atoms with E-state index in [1.165, 1.54) is 7.11 Å². The number of carbonyl (C=O) groups is 1. The maximum atomic E-state index is 11.3. The minimum Gasteiger partial charge on any atom is -0.465 e. The predicted molar refractivity (Wildman–Crippen MR) is 64.5 cm³/mol. The molecule has 0 amide bonds. The summed E-state index contributed by atoms with van der Waals surface area (Å²) < 4.78 is 4.65. The first-order chi connectivity index (χ1) is 7.08. The second-order valence-corrected chi connectivity index (χ2v) is 3.83. The second-order valence-electron chi connectivity index (χ2n) is 3.46. The van der Waals surface area contributed by atoms with Crippen LogP contribution in [0.3, 0.4) is 0 Å².